The van der Waals surface area contributed by atoms with E-state index in [1.54, 1.807) is 24.3 Å². The average molecular weight is 289 g/mol. The Morgan fingerprint density at radius 2 is 1.81 bits per heavy atom. The molecule has 1 aliphatic heterocycles. The molecule has 1 unspecified atom stereocenters. The molecule has 0 bridgehead atoms. The van der Waals surface area contributed by atoms with E-state index in [9.17, 15) is 5.11 Å². The first-order valence-electron chi connectivity index (χ1n) is 7.47. The van der Waals surface area contributed by atoms with Crippen molar-refractivity contribution in [3.63, 3.8) is 0 Å². The Bertz CT molecular complexity index is 461. The quantitative estimate of drug-likeness (QED) is 0.844. The van der Waals surface area contributed by atoms with Crippen LogP contribution in [0.15, 0.2) is 24.3 Å². The summed E-state index contributed by atoms with van der Waals surface area (Å²) in [6, 6.07) is 9.00. The highest BCUT2D eigenvalue weighted by molar-refractivity contribution is 5.34. The molecule has 1 aromatic carbocycles. The zero-order valence-corrected chi connectivity index (χ0v) is 12.5. The van der Waals surface area contributed by atoms with Crippen LogP contribution in [0.2, 0.25) is 0 Å². The number of nitriles is 1. The molecule has 1 N–H and O–H groups in total. The Kier molecular flexibility index (Phi) is 6.00. The van der Waals surface area contributed by atoms with Crippen molar-refractivity contribution >= 4 is 0 Å². The minimum Gasteiger partial charge on any atom is -0.491 e. The summed E-state index contributed by atoms with van der Waals surface area (Å²) >= 11 is 0. The number of piperazine rings is 1. The van der Waals surface area contributed by atoms with Gasteiger partial charge in [-0.05, 0) is 30.8 Å². The standard InChI is InChI=1S/C16H23N3O2/c1-2-18-7-9-19(10-8-18)12-15(20)13-21-16-5-3-14(11-17)4-6-16/h3-6,15,20H,2,7-10,12-13H2,1H3. The topological polar surface area (TPSA) is 59.7 Å². The highest BCUT2D eigenvalue weighted by atomic mass is 16.5. The van der Waals surface area contributed by atoms with Crippen molar-refractivity contribution < 1.29 is 9.84 Å². The Balaban J connectivity index is 1.69. The fourth-order valence-electron chi connectivity index (χ4n) is 2.46. The molecule has 1 fully saturated rings. The molecule has 1 saturated heterocycles. The average Bonchev–Trinajstić information content (AvgIpc) is 2.54. The molecule has 114 valence electrons. The molecule has 0 aliphatic carbocycles. The zero-order valence-electron chi connectivity index (χ0n) is 12.5. The van der Waals surface area contributed by atoms with Crippen LogP contribution in [0, 0.1) is 11.3 Å². The highest BCUT2D eigenvalue weighted by Gasteiger charge is 2.18. The van der Waals surface area contributed by atoms with E-state index in [2.05, 4.69) is 22.8 Å². The lowest BCUT2D eigenvalue weighted by molar-refractivity contribution is 0.0471. The van der Waals surface area contributed by atoms with E-state index in [1.165, 1.54) is 0 Å². The first-order valence-corrected chi connectivity index (χ1v) is 7.47. The lowest BCUT2D eigenvalue weighted by atomic mass is 10.2. The summed E-state index contributed by atoms with van der Waals surface area (Å²) in [6.45, 7) is 8.34. The smallest absolute Gasteiger partial charge is 0.119 e. The van der Waals surface area contributed by atoms with Gasteiger partial charge < -0.3 is 14.7 Å². The monoisotopic (exact) mass is 289 g/mol. The van der Waals surface area contributed by atoms with Crippen molar-refractivity contribution in [2.75, 3.05) is 45.9 Å². The summed E-state index contributed by atoms with van der Waals surface area (Å²) in [4.78, 5) is 4.69. The van der Waals surface area contributed by atoms with Gasteiger partial charge in [0.1, 0.15) is 18.5 Å². The number of nitrogens with zero attached hydrogens (tertiary/aromatic N) is 3. The number of aliphatic hydroxyl groups excluding tert-OH is 1. The highest BCUT2D eigenvalue weighted by Crippen LogP contribution is 2.12. The summed E-state index contributed by atoms with van der Waals surface area (Å²) in [5, 5.41) is 18.8. The Morgan fingerprint density at radius 3 is 2.38 bits per heavy atom. The van der Waals surface area contributed by atoms with Gasteiger partial charge in [0, 0.05) is 32.7 Å². The van der Waals surface area contributed by atoms with Gasteiger partial charge in [0.2, 0.25) is 0 Å². The molecule has 0 saturated carbocycles. The summed E-state index contributed by atoms with van der Waals surface area (Å²) < 4.78 is 5.55. The largest absolute Gasteiger partial charge is 0.491 e. The van der Waals surface area contributed by atoms with Crippen LogP contribution in [0.4, 0.5) is 0 Å². The predicted octanol–water partition coefficient (Wildman–Crippen LogP) is 0.935. The lowest BCUT2D eigenvalue weighted by Crippen LogP contribution is -2.49. The fourth-order valence-corrected chi connectivity index (χ4v) is 2.46. The lowest BCUT2D eigenvalue weighted by Gasteiger charge is -2.34. The molecule has 1 aromatic rings. The maximum atomic E-state index is 10.1. The van der Waals surface area contributed by atoms with E-state index in [-0.39, 0.29) is 6.61 Å². The van der Waals surface area contributed by atoms with Crippen LogP contribution in [0.5, 0.6) is 5.75 Å². The Hall–Kier alpha value is -1.61. The number of ether oxygens (including phenoxy) is 1. The molecule has 2 rings (SSSR count). The molecular weight excluding hydrogens is 266 g/mol. The first-order chi connectivity index (χ1) is 10.2. The van der Waals surface area contributed by atoms with Gasteiger partial charge in [0.15, 0.2) is 0 Å². The van der Waals surface area contributed by atoms with Crippen molar-refractivity contribution in [1.29, 1.82) is 5.26 Å². The Labute approximate surface area is 126 Å². The number of rotatable bonds is 6. The predicted molar refractivity (Wildman–Crippen MR) is 81.2 cm³/mol. The molecular formula is C16H23N3O2. The number of β-amino-alcohol motifs (C(OH)–C–C–N with tert-alkyl or cyclic N) is 1. The summed E-state index contributed by atoms with van der Waals surface area (Å²) in [6.07, 6.45) is -0.492. The summed E-state index contributed by atoms with van der Waals surface area (Å²) in [7, 11) is 0. The molecule has 5 heteroatoms. The molecule has 21 heavy (non-hydrogen) atoms. The van der Waals surface area contributed by atoms with Crippen molar-refractivity contribution in [2.24, 2.45) is 0 Å². The van der Waals surface area contributed by atoms with Gasteiger partial charge in [-0.15, -0.1) is 0 Å². The second kappa shape index (κ2) is 7.99. The molecule has 1 heterocycles. The molecule has 0 aromatic heterocycles. The van der Waals surface area contributed by atoms with Crippen molar-refractivity contribution in [1.82, 2.24) is 9.80 Å². The van der Waals surface area contributed by atoms with Crippen LogP contribution in [0.1, 0.15) is 12.5 Å². The van der Waals surface area contributed by atoms with Crippen molar-refractivity contribution in [2.45, 2.75) is 13.0 Å². The first kappa shape index (κ1) is 15.8. The minimum atomic E-state index is -0.492. The third-order valence-electron chi connectivity index (χ3n) is 3.81. The van der Waals surface area contributed by atoms with Gasteiger partial charge in [-0.3, -0.25) is 4.90 Å². The third-order valence-corrected chi connectivity index (χ3v) is 3.81. The molecule has 5 nitrogen and oxygen atoms in total. The number of benzene rings is 1. The SMILES string of the molecule is CCN1CCN(CC(O)COc2ccc(C#N)cc2)CC1. The van der Waals surface area contributed by atoms with Gasteiger partial charge in [-0.2, -0.15) is 5.26 Å². The molecule has 0 radical (unpaired) electrons. The van der Waals surface area contributed by atoms with Crippen molar-refractivity contribution in [3.05, 3.63) is 29.8 Å². The van der Waals surface area contributed by atoms with Crippen LogP contribution < -0.4 is 4.74 Å². The number of hydrogen-bond acceptors (Lipinski definition) is 5. The molecule has 1 aliphatic rings. The van der Waals surface area contributed by atoms with E-state index < -0.39 is 6.10 Å². The van der Waals surface area contributed by atoms with E-state index in [0.717, 1.165) is 32.7 Å². The van der Waals surface area contributed by atoms with Crippen molar-refractivity contribution in [3.8, 4) is 11.8 Å². The van der Waals surface area contributed by atoms with Gasteiger partial charge in [0.05, 0.1) is 11.6 Å². The van der Waals surface area contributed by atoms with Gasteiger partial charge >= 0.3 is 0 Å². The zero-order chi connectivity index (χ0) is 15.1. The van der Waals surface area contributed by atoms with Crippen LogP contribution in [-0.2, 0) is 0 Å². The van der Waals surface area contributed by atoms with E-state index in [4.69, 9.17) is 10.00 Å². The molecule has 0 spiro atoms. The number of aliphatic hydroxyl groups is 1. The summed E-state index contributed by atoms with van der Waals surface area (Å²) in [5.41, 5.74) is 0.608. The normalized spacial score (nSPS) is 18.1. The number of likely N-dealkylation sites (N-methyl/N-ethyl adjacent to an activating group) is 1. The fraction of sp³-hybridized carbons (Fsp3) is 0.562. The van der Waals surface area contributed by atoms with Crippen LogP contribution in [0.3, 0.4) is 0 Å². The second-order valence-electron chi connectivity index (χ2n) is 5.34. The third kappa shape index (κ3) is 5.01. The van der Waals surface area contributed by atoms with Gasteiger partial charge in [0.25, 0.3) is 0 Å². The van der Waals surface area contributed by atoms with Crippen LogP contribution in [-0.4, -0.2) is 66.9 Å². The minimum absolute atomic E-state index is 0.278. The maximum Gasteiger partial charge on any atom is 0.119 e. The summed E-state index contributed by atoms with van der Waals surface area (Å²) in [5.74, 6) is 0.684. The number of hydrogen-bond donors (Lipinski definition) is 1. The van der Waals surface area contributed by atoms with E-state index in [1.807, 2.05) is 0 Å². The molecule has 0 amide bonds. The van der Waals surface area contributed by atoms with Gasteiger partial charge in [-0.25, -0.2) is 0 Å². The molecule has 1 atom stereocenters. The Morgan fingerprint density at radius 1 is 1.19 bits per heavy atom. The van der Waals surface area contributed by atoms with Crippen LogP contribution >= 0.6 is 0 Å². The van der Waals surface area contributed by atoms with E-state index in [0.29, 0.717) is 17.9 Å². The van der Waals surface area contributed by atoms with Gasteiger partial charge in [-0.1, -0.05) is 6.92 Å². The van der Waals surface area contributed by atoms with Crippen LogP contribution in [0.25, 0.3) is 0 Å². The maximum absolute atomic E-state index is 10.1. The van der Waals surface area contributed by atoms with E-state index >= 15 is 0 Å². The second-order valence-corrected chi connectivity index (χ2v) is 5.34.